The van der Waals surface area contributed by atoms with Gasteiger partial charge < -0.3 is 10.6 Å². The maximum absolute atomic E-state index is 11.7. The predicted molar refractivity (Wildman–Crippen MR) is 75.3 cm³/mol. The van der Waals surface area contributed by atoms with Gasteiger partial charge in [0.25, 0.3) is 0 Å². The molecular weight excluding hydrogens is 266 g/mol. The number of hydrogen-bond acceptors (Lipinski definition) is 4. The van der Waals surface area contributed by atoms with Crippen molar-refractivity contribution in [2.45, 2.75) is 45.1 Å². The molecule has 0 aromatic rings. The van der Waals surface area contributed by atoms with Crippen molar-refractivity contribution >= 4 is 15.9 Å². The summed E-state index contributed by atoms with van der Waals surface area (Å²) in [6.45, 7) is 3.33. The smallest absolute Gasteiger partial charge is 0.235 e. The lowest BCUT2D eigenvalue weighted by molar-refractivity contribution is -0.119. The van der Waals surface area contributed by atoms with Crippen LogP contribution < -0.4 is 15.4 Å². The Balaban J connectivity index is 2.21. The zero-order valence-corrected chi connectivity index (χ0v) is 12.4. The topological polar surface area (TPSA) is 87.3 Å². The van der Waals surface area contributed by atoms with E-state index in [4.69, 9.17) is 0 Å². The fourth-order valence-corrected chi connectivity index (χ4v) is 3.13. The monoisotopic (exact) mass is 291 g/mol. The largest absolute Gasteiger partial charge is 0.355 e. The number of carbonyl (C=O) groups is 1. The maximum atomic E-state index is 11.7. The molecule has 0 aliphatic carbocycles. The molecule has 1 saturated heterocycles. The minimum atomic E-state index is -3.35. The van der Waals surface area contributed by atoms with Gasteiger partial charge in [0.15, 0.2) is 0 Å². The molecule has 1 aliphatic rings. The number of rotatable bonds is 8. The molecule has 0 aromatic heterocycles. The molecule has 1 atom stereocenters. The third-order valence-electron chi connectivity index (χ3n) is 3.17. The van der Waals surface area contributed by atoms with Gasteiger partial charge in [-0.25, -0.2) is 13.1 Å². The van der Waals surface area contributed by atoms with Crippen LogP contribution in [0.1, 0.15) is 39.0 Å². The van der Waals surface area contributed by atoms with Crippen molar-refractivity contribution < 1.29 is 13.2 Å². The van der Waals surface area contributed by atoms with E-state index in [0.717, 1.165) is 25.8 Å². The van der Waals surface area contributed by atoms with E-state index in [-0.39, 0.29) is 18.2 Å². The molecule has 0 saturated carbocycles. The molecule has 3 N–H and O–H groups in total. The van der Waals surface area contributed by atoms with Gasteiger partial charge in [-0.15, -0.1) is 0 Å². The van der Waals surface area contributed by atoms with Crippen LogP contribution in [-0.4, -0.2) is 45.8 Å². The summed E-state index contributed by atoms with van der Waals surface area (Å²) < 4.78 is 25.8. The van der Waals surface area contributed by atoms with E-state index in [0.29, 0.717) is 19.0 Å². The van der Waals surface area contributed by atoms with Gasteiger partial charge in [0.1, 0.15) is 0 Å². The second kappa shape index (κ2) is 8.50. The summed E-state index contributed by atoms with van der Waals surface area (Å²) in [6.07, 6.45) is 4.80. The summed E-state index contributed by atoms with van der Waals surface area (Å²) in [4.78, 5) is 11.3. The SMILES string of the molecule is CCCNC(=O)CNS(=O)(=O)CCC1CCCCN1. The van der Waals surface area contributed by atoms with E-state index in [1.807, 2.05) is 6.92 Å². The molecule has 7 heteroatoms. The van der Waals surface area contributed by atoms with Crippen molar-refractivity contribution in [3.8, 4) is 0 Å². The fraction of sp³-hybridized carbons (Fsp3) is 0.917. The van der Waals surface area contributed by atoms with Gasteiger partial charge >= 0.3 is 0 Å². The van der Waals surface area contributed by atoms with Crippen molar-refractivity contribution in [3.63, 3.8) is 0 Å². The van der Waals surface area contributed by atoms with Gasteiger partial charge in [0.05, 0.1) is 12.3 Å². The molecule has 0 bridgehead atoms. The summed E-state index contributed by atoms with van der Waals surface area (Å²) in [6, 6.07) is 0.291. The van der Waals surface area contributed by atoms with Crippen LogP contribution >= 0.6 is 0 Å². The Kier molecular flexibility index (Phi) is 7.33. The van der Waals surface area contributed by atoms with E-state index in [1.54, 1.807) is 0 Å². The average molecular weight is 291 g/mol. The lowest BCUT2D eigenvalue weighted by Crippen LogP contribution is -2.40. The average Bonchev–Trinajstić information content (AvgIpc) is 2.42. The van der Waals surface area contributed by atoms with Gasteiger partial charge in [-0.1, -0.05) is 13.3 Å². The molecule has 1 rings (SSSR count). The quantitative estimate of drug-likeness (QED) is 0.586. The minimum absolute atomic E-state index is 0.0751. The highest BCUT2D eigenvalue weighted by molar-refractivity contribution is 7.89. The molecule has 0 spiro atoms. The highest BCUT2D eigenvalue weighted by atomic mass is 32.2. The summed E-state index contributed by atoms with van der Waals surface area (Å²) in [7, 11) is -3.35. The zero-order valence-electron chi connectivity index (χ0n) is 11.6. The van der Waals surface area contributed by atoms with Crippen molar-refractivity contribution in [1.29, 1.82) is 0 Å². The van der Waals surface area contributed by atoms with Crippen molar-refractivity contribution in [3.05, 3.63) is 0 Å². The van der Waals surface area contributed by atoms with Crippen molar-refractivity contribution in [1.82, 2.24) is 15.4 Å². The number of nitrogens with one attached hydrogen (secondary N) is 3. The molecule has 1 unspecified atom stereocenters. The summed E-state index contributed by atoms with van der Waals surface area (Å²) >= 11 is 0. The molecule has 112 valence electrons. The van der Waals surface area contributed by atoms with Gasteiger partial charge in [0.2, 0.25) is 15.9 Å². The Morgan fingerprint density at radius 3 is 2.79 bits per heavy atom. The molecule has 0 aromatic carbocycles. The summed E-state index contributed by atoms with van der Waals surface area (Å²) in [5.41, 5.74) is 0. The van der Waals surface area contributed by atoms with Crippen LogP contribution in [0.4, 0.5) is 0 Å². The number of amides is 1. The zero-order chi connectivity index (χ0) is 14.1. The number of carbonyl (C=O) groups excluding carboxylic acids is 1. The van der Waals surface area contributed by atoms with Gasteiger partial charge in [0, 0.05) is 12.6 Å². The van der Waals surface area contributed by atoms with Crippen LogP contribution in [0.2, 0.25) is 0 Å². The molecule has 6 nitrogen and oxygen atoms in total. The summed E-state index contributed by atoms with van der Waals surface area (Å²) in [5, 5.41) is 5.95. The van der Waals surface area contributed by atoms with Gasteiger partial charge in [-0.2, -0.15) is 0 Å². The first-order chi connectivity index (χ1) is 9.03. The minimum Gasteiger partial charge on any atom is -0.355 e. The third-order valence-corrected chi connectivity index (χ3v) is 4.53. The Hall–Kier alpha value is -0.660. The third kappa shape index (κ3) is 7.49. The van der Waals surface area contributed by atoms with Crippen molar-refractivity contribution in [2.75, 3.05) is 25.4 Å². The Morgan fingerprint density at radius 1 is 1.37 bits per heavy atom. The van der Waals surface area contributed by atoms with Crippen LogP contribution in [-0.2, 0) is 14.8 Å². The molecule has 1 amide bonds. The predicted octanol–water partition coefficient (Wildman–Crippen LogP) is -0.0358. The lowest BCUT2D eigenvalue weighted by Gasteiger charge is -2.23. The van der Waals surface area contributed by atoms with E-state index >= 15 is 0 Å². The Bertz CT molecular complexity index is 364. The summed E-state index contributed by atoms with van der Waals surface area (Å²) in [5.74, 6) is -0.202. The van der Waals surface area contributed by atoms with Gasteiger partial charge in [-0.05, 0) is 32.2 Å². The Labute approximate surface area is 115 Å². The van der Waals surface area contributed by atoms with Crippen molar-refractivity contribution in [2.24, 2.45) is 0 Å². The first-order valence-corrected chi connectivity index (χ1v) is 8.66. The highest BCUT2D eigenvalue weighted by Crippen LogP contribution is 2.10. The number of sulfonamides is 1. The van der Waals surface area contributed by atoms with Crippen LogP contribution in [0.25, 0.3) is 0 Å². The highest BCUT2D eigenvalue weighted by Gasteiger charge is 2.17. The molecule has 1 aliphatic heterocycles. The second-order valence-electron chi connectivity index (χ2n) is 4.93. The van der Waals surface area contributed by atoms with E-state index in [2.05, 4.69) is 15.4 Å². The normalized spacial score (nSPS) is 20.2. The first kappa shape index (κ1) is 16.4. The molecule has 0 radical (unpaired) electrons. The fourth-order valence-electron chi connectivity index (χ4n) is 2.04. The van der Waals surface area contributed by atoms with Crippen LogP contribution in [0.15, 0.2) is 0 Å². The standard InChI is InChI=1S/C12H25N3O3S/c1-2-7-14-12(16)10-15-19(17,18)9-6-11-5-3-4-8-13-11/h11,13,15H,2-10H2,1H3,(H,14,16). The van der Waals surface area contributed by atoms with Crippen LogP contribution in [0, 0.1) is 0 Å². The Morgan fingerprint density at radius 2 is 2.16 bits per heavy atom. The van der Waals surface area contributed by atoms with Gasteiger partial charge in [-0.3, -0.25) is 4.79 Å². The molecule has 1 heterocycles. The molecule has 1 fully saturated rings. The molecule has 19 heavy (non-hydrogen) atoms. The molecular formula is C12H25N3O3S. The second-order valence-corrected chi connectivity index (χ2v) is 6.85. The van der Waals surface area contributed by atoms with E-state index in [9.17, 15) is 13.2 Å². The van der Waals surface area contributed by atoms with E-state index in [1.165, 1.54) is 6.42 Å². The lowest BCUT2D eigenvalue weighted by atomic mass is 10.0. The van der Waals surface area contributed by atoms with Crippen LogP contribution in [0.3, 0.4) is 0 Å². The van der Waals surface area contributed by atoms with Crippen LogP contribution in [0.5, 0.6) is 0 Å². The number of hydrogen-bond donors (Lipinski definition) is 3. The number of piperidine rings is 1. The first-order valence-electron chi connectivity index (χ1n) is 7.01. The van der Waals surface area contributed by atoms with E-state index < -0.39 is 10.0 Å². The maximum Gasteiger partial charge on any atom is 0.235 e.